The van der Waals surface area contributed by atoms with Crippen LogP contribution in [-0.4, -0.2) is 25.7 Å². The van der Waals surface area contributed by atoms with E-state index in [1.165, 1.54) is 0 Å². The number of rotatable bonds is 3. The van der Waals surface area contributed by atoms with E-state index in [0.717, 1.165) is 27.9 Å². The minimum absolute atomic E-state index is 0.127. The topological polar surface area (TPSA) is 89.8 Å². The van der Waals surface area contributed by atoms with Crippen molar-refractivity contribution >= 4 is 22.6 Å². The van der Waals surface area contributed by atoms with Gasteiger partial charge in [0.2, 0.25) is 0 Å². The van der Waals surface area contributed by atoms with Gasteiger partial charge in [-0.15, -0.1) is 5.10 Å². The molecule has 0 saturated heterocycles. The van der Waals surface area contributed by atoms with Crippen LogP contribution in [0.1, 0.15) is 27.3 Å². The Hall–Kier alpha value is -3.87. The van der Waals surface area contributed by atoms with Gasteiger partial charge < -0.3 is 9.88 Å². The van der Waals surface area contributed by atoms with E-state index in [-0.39, 0.29) is 11.5 Å². The summed E-state index contributed by atoms with van der Waals surface area (Å²) in [5.41, 5.74) is 4.87. The van der Waals surface area contributed by atoms with Crippen molar-refractivity contribution in [2.45, 2.75) is 20.8 Å². The van der Waals surface area contributed by atoms with Gasteiger partial charge in [0, 0.05) is 35.5 Å². The van der Waals surface area contributed by atoms with Crippen LogP contribution in [0, 0.1) is 20.8 Å². The average molecular weight is 399 g/mol. The second-order valence-corrected chi connectivity index (χ2v) is 7.35. The molecule has 1 N–H and O–H groups in total. The lowest BCUT2D eigenvalue weighted by Crippen LogP contribution is -2.20. The molecule has 0 atom stereocenters. The third kappa shape index (κ3) is 3.57. The molecule has 0 saturated carbocycles. The molecule has 3 aromatic heterocycles. The van der Waals surface area contributed by atoms with E-state index in [0.29, 0.717) is 22.5 Å². The average Bonchev–Trinajstić information content (AvgIpc) is 2.73. The Balaban J connectivity index is 1.78. The second-order valence-electron chi connectivity index (χ2n) is 7.35. The predicted molar refractivity (Wildman–Crippen MR) is 117 cm³/mol. The molecule has 0 aliphatic carbocycles. The van der Waals surface area contributed by atoms with E-state index >= 15 is 0 Å². The maximum atomic E-state index is 13.1. The first-order chi connectivity index (χ1) is 14.3. The standard InChI is InChI=1S/C23H21N5O2/c1-13-5-7-16(22(29)25-21-8-6-14(2)26-27-21)10-18(13)19-11-17-12-24-15(3)9-20(17)28(4)23(19)30/h5-12H,1-4H3,(H,25,27,29). The van der Waals surface area contributed by atoms with Crippen molar-refractivity contribution in [2.24, 2.45) is 7.05 Å². The number of amides is 1. The summed E-state index contributed by atoms with van der Waals surface area (Å²) < 4.78 is 1.62. The molecule has 0 unspecified atom stereocenters. The molecule has 1 amide bonds. The number of hydrogen-bond donors (Lipinski definition) is 1. The van der Waals surface area contributed by atoms with Crippen LogP contribution in [0.15, 0.2) is 53.5 Å². The molecule has 7 heteroatoms. The Morgan fingerprint density at radius 3 is 2.47 bits per heavy atom. The summed E-state index contributed by atoms with van der Waals surface area (Å²) in [6, 6.07) is 12.5. The molecule has 1 aromatic carbocycles. The summed E-state index contributed by atoms with van der Waals surface area (Å²) in [6.07, 6.45) is 1.76. The van der Waals surface area contributed by atoms with E-state index < -0.39 is 0 Å². The third-order valence-corrected chi connectivity index (χ3v) is 5.07. The maximum Gasteiger partial charge on any atom is 0.258 e. The number of benzene rings is 1. The number of fused-ring (bicyclic) bond motifs is 1. The number of pyridine rings is 2. The summed E-state index contributed by atoms with van der Waals surface area (Å²) >= 11 is 0. The van der Waals surface area contributed by atoms with Gasteiger partial charge in [0.25, 0.3) is 11.5 Å². The molecule has 0 aliphatic rings. The van der Waals surface area contributed by atoms with Crippen molar-refractivity contribution in [1.82, 2.24) is 19.7 Å². The molecule has 7 nitrogen and oxygen atoms in total. The molecular weight excluding hydrogens is 378 g/mol. The number of anilines is 1. The summed E-state index contributed by atoms with van der Waals surface area (Å²) in [5, 5.41) is 11.5. The highest BCUT2D eigenvalue weighted by Gasteiger charge is 2.15. The summed E-state index contributed by atoms with van der Waals surface area (Å²) in [6.45, 7) is 5.63. The minimum atomic E-state index is -0.315. The lowest BCUT2D eigenvalue weighted by atomic mass is 9.97. The van der Waals surface area contributed by atoms with Crippen LogP contribution in [-0.2, 0) is 7.05 Å². The molecule has 150 valence electrons. The van der Waals surface area contributed by atoms with Crippen LogP contribution < -0.4 is 10.9 Å². The maximum absolute atomic E-state index is 13.1. The molecule has 30 heavy (non-hydrogen) atoms. The molecule has 0 radical (unpaired) electrons. The van der Waals surface area contributed by atoms with Gasteiger partial charge >= 0.3 is 0 Å². The fourth-order valence-electron chi connectivity index (χ4n) is 3.37. The Morgan fingerprint density at radius 1 is 0.933 bits per heavy atom. The Morgan fingerprint density at radius 2 is 1.73 bits per heavy atom. The van der Waals surface area contributed by atoms with Crippen molar-refractivity contribution in [3.8, 4) is 11.1 Å². The normalized spacial score (nSPS) is 10.9. The number of nitrogens with one attached hydrogen (secondary N) is 1. The fraction of sp³-hybridized carbons (Fsp3) is 0.174. The van der Waals surface area contributed by atoms with Crippen LogP contribution in [0.5, 0.6) is 0 Å². The van der Waals surface area contributed by atoms with Crippen LogP contribution in [0.2, 0.25) is 0 Å². The van der Waals surface area contributed by atoms with Crippen molar-refractivity contribution in [1.29, 1.82) is 0 Å². The zero-order valence-electron chi connectivity index (χ0n) is 17.2. The van der Waals surface area contributed by atoms with Crippen LogP contribution in [0.25, 0.3) is 22.0 Å². The van der Waals surface area contributed by atoms with Gasteiger partial charge in [-0.3, -0.25) is 14.6 Å². The highest BCUT2D eigenvalue weighted by Crippen LogP contribution is 2.25. The largest absolute Gasteiger partial charge is 0.311 e. The molecule has 0 aliphatic heterocycles. The summed E-state index contributed by atoms with van der Waals surface area (Å²) in [4.78, 5) is 30.1. The number of aryl methyl sites for hydroxylation is 4. The zero-order valence-corrected chi connectivity index (χ0v) is 17.2. The van der Waals surface area contributed by atoms with Gasteiger partial charge in [0.15, 0.2) is 5.82 Å². The monoisotopic (exact) mass is 399 g/mol. The van der Waals surface area contributed by atoms with Crippen molar-refractivity contribution in [3.63, 3.8) is 0 Å². The molecule has 4 rings (SSSR count). The van der Waals surface area contributed by atoms with Crippen molar-refractivity contribution in [3.05, 3.63) is 81.5 Å². The highest BCUT2D eigenvalue weighted by molar-refractivity contribution is 6.04. The van der Waals surface area contributed by atoms with E-state index in [1.54, 1.807) is 42.1 Å². The lowest BCUT2D eigenvalue weighted by molar-refractivity contribution is 0.102. The molecule has 0 fully saturated rings. The van der Waals surface area contributed by atoms with Crippen LogP contribution >= 0.6 is 0 Å². The van der Waals surface area contributed by atoms with Gasteiger partial charge in [-0.25, -0.2) is 0 Å². The van der Waals surface area contributed by atoms with Gasteiger partial charge in [-0.1, -0.05) is 6.07 Å². The smallest absolute Gasteiger partial charge is 0.258 e. The first-order valence-electron chi connectivity index (χ1n) is 9.52. The SMILES string of the molecule is Cc1cc2c(cn1)cc(-c1cc(C(=O)Nc3ccc(C)nn3)ccc1C)c(=O)n2C. The minimum Gasteiger partial charge on any atom is -0.311 e. The number of carbonyl (C=O) groups is 1. The van der Waals surface area contributed by atoms with Crippen molar-refractivity contribution < 1.29 is 4.79 Å². The Bertz CT molecular complexity index is 1340. The van der Waals surface area contributed by atoms with Gasteiger partial charge in [-0.05, 0) is 68.3 Å². The fourth-order valence-corrected chi connectivity index (χ4v) is 3.37. The third-order valence-electron chi connectivity index (χ3n) is 5.07. The first-order valence-corrected chi connectivity index (χ1v) is 9.52. The second kappa shape index (κ2) is 7.51. The van der Waals surface area contributed by atoms with E-state index in [2.05, 4.69) is 20.5 Å². The molecule has 0 bridgehead atoms. The molecule has 3 heterocycles. The molecule has 0 spiro atoms. The Kier molecular flexibility index (Phi) is 4.87. The number of carbonyl (C=O) groups excluding carboxylic acids is 1. The molecule has 4 aromatic rings. The Labute approximate surface area is 173 Å². The quantitative estimate of drug-likeness (QED) is 0.569. The number of nitrogens with zero attached hydrogens (tertiary/aromatic N) is 4. The number of hydrogen-bond acceptors (Lipinski definition) is 5. The van der Waals surface area contributed by atoms with E-state index in [1.807, 2.05) is 39.0 Å². The van der Waals surface area contributed by atoms with Gasteiger partial charge in [-0.2, -0.15) is 5.10 Å². The van der Waals surface area contributed by atoms with Crippen LogP contribution in [0.4, 0.5) is 5.82 Å². The lowest BCUT2D eigenvalue weighted by Gasteiger charge is -2.12. The predicted octanol–water partition coefficient (Wildman–Crippen LogP) is 3.57. The zero-order chi connectivity index (χ0) is 21.4. The van der Waals surface area contributed by atoms with Crippen LogP contribution in [0.3, 0.4) is 0 Å². The summed E-state index contributed by atoms with van der Waals surface area (Å²) in [7, 11) is 1.75. The van der Waals surface area contributed by atoms with Gasteiger partial charge in [0.05, 0.1) is 11.2 Å². The summed E-state index contributed by atoms with van der Waals surface area (Å²) in [5.74, 6) is 0.0556. The van der Waals surface area contributed by atoms with E-state index in [4.69, 9.17) is 0 Å². The number of aromatic nitrogens is 4. The first kappa shape index (κ1) is 19.4. The highest BCUT2D eigenvalue weighted by atomic mass is 16.1. The molecular formula is C23H21N5O2. The van der Waals surface area contributed by atoms with Crippen molar-refractivity contribution in [2.75, 3.05) is 5.32 Å². The van der Waals surface area contributed by atoms with Gasteiger partial charge in [0.1, 0.15) is 0 Å². The van der Waals surface area contributed by atoms with E-state index in [9.17, 15) is 9.59 Å².